The molecule has 14 heavy (non-hydrogen) atoms. The van der Waals surface area contributed by atoms with Gasteiger partial charge in [-0.3, -0.25) is 0 Å². The molecule has 2 rings (SSSR count). The zero-order valence-corrected chi connectivity index (χ0v) is 8.24. The molecule has 2 N–H and O–H groups in total. The third-order valence-corrected chi connectivity index (χ3v) is 2.38. The van der Waals surface area contributed by atoms with Gasteiger partial charge in [0.1, 0.15) is 5.75 Å². The molecule has 1 fully saturated rings. The van der Waals surface area contributed by atoms with Gasteiger partial charge in [0, 0.05) is 0 Å². The molecule has 1 aromatic rings. The van der Waals surface area contributed by atoms with E-state index in [-0.39, 0.29) is 6.10 Å². The molecular weight excluding hydrogens is 202 g/mol. The summed E-state index contributed by atoms with van der Waals surface area (Å²) < 4.78 is 5.49. The van der Waals surface area contributed by atoms with Crippen molar-refractivity contribution in [2.24, 2.45) is 0 Å². The molecule has 1 aromatic carbocycles. The van der Waals surface area contributed by atoms with Crippen molar-refractivity contribution in [1.82, 2.24) is 0 Å². The summed E-state index contributed by atoms with van der Waals surface area (Å²) in [5, 5.41) is 18.4. The SMILES string of the molecule is OB(O)c1ccc(Cl)c(OC2CC2)c1. The van der Waals surface area contributed by atoms with E-state index in [1.54, 1.807) is 18.2 Å². The molecule has 0 aliphatic heterocycles. The minimum Gasteiger partial charge on any atom is -0.489 e. The van der Waals surface area contributed by atoms with E-state index in [9.17, 15) is 0 Å². The van der Waals surface area contributed by atoms with Crippen LogP contribution in [0.1, 0.15) is 12.8 Å². The Labute approximate surface area is 87.4 Å². The minimum atomic E-state index is -1.48. The summed E-state index contributed by atoms with van der Waals surface area (Å²) in [6.45, 7) is 0. The van der Waals surface area contributed by atoms with E-state index in [1.807, 2.05) is 0 Å². The molecule has 0 amide bonds. The van der Waals surface area contributed by atoms with Gasteiger partial charge >= 0.3 is 7.12 Å². The van der Waals surface area contributed by atoms with Crippen molar-refractivity contribution < 1.29 is 14.8 Å². The summed E-state index contributed by atoms with van der Waals surface area (Å²) in [6, 6.07) is 4.73. The van der Waals surface area contributed by atoms with E-state index in [1.165, 1.54) is 0 Å². The summed E-state index contributed by atoms with van der Waals surface area (Å²) in [5.74, 6) is 0.528. The Kier molecular flexibility index (Phi) is 2.68. The lowest BCUT2D eigenvalue weighted by atomic mass is 9.80. The second-order valence-corrected chi connectivity index (χ2v) is 3.79. The summed E-state index contributed by atoms with van der Waals surface area (Å²) in [4.78, 5) is 0. The second kappa shape index (κ2) is 3.81. The lowest BCUT2D eigenvalue weighted by Gasteiger charge is -2.08. The number of benzene rings is 1. The molecule has 1 aliphatic carbocycles. The predicted molar refractivity (Wildman–Crippen MR) is 54.9 cm³/mol. The molecule has 5 heteroatoms. The van der Waals surface area contributed by atoms with Crippen LogP contribution in [-0.4, -0.2) is 23.3 Å². The van der Waals surface area contributed by atoms with Gasteiger partial charge in [0.05, 0.1) is 11.1 Å². The van der Waals surface area contributed by atoms with Crippen LogP contribution < -0.4 is 10.2 Å². The topological polar surface area (TPSA) is 49.7 Å². The van der Waals surface area contributed by atoms with Crippen LogP contribution in [0.15, 0.2) is 18.2 Å². The molecule has 1 aliphatic rings. The van der Waals surface area contributed by atoms with Crippen molar-refractivity contribution in [2.45, 2.75) is 18.9 Å². The average Bonchev–Trinajstić information content (AvgIpc) is 2.92. The van der Waals surface area contributed by atoms with Crippen LogP contribution in [-0.2, 0) is 0 Å². The Morgan fingerprint density at radius 2 is 2.07 bits per heavy atom. The summed E-state index contributed by atoms with van der Waals surface area (Å²) in [7, 11) is -1.48. The van der Waals surface area contributed by atoms with Crippen LogP contribution in [0.25, 0.3) is 0 Å². The molecule has 3 nitrogen and oxygen atoms in total. The zero-order chi connectivity index (χ0) is 10.1. The highest BCUT2D eigenvalue weighted by Crippen LogP contribution is 2.30. The van der Waals surface area contributed by atoms with Crippen molar-refractivity contribution in [3.8, 4) is 5.75 Å². The molecule has 0 spiro atoms. The molecule has 0 bridgehead atoms. The molecule has 74 valence electrons. The van der Waals surface area contributed by atoms with E-state index in [0.29, 0.717) is 16.2 Å². The standard InChI is InChI=1S/C9H10BClO3/c11-8-4-1-6(10(12)13)5-9(8)14-7-2-3-7/h1,4-5,7,12-13H,2-3H2. The van der Waals surface area contributed by atoms with Crippen LogP contribution >= 0.6 is 11.6 Å². The first-order valence-electron chi connectivity index (χ1n) is 4.49. The van der Waals surface area contributed by atoms with E-state index >= 15 is 0 Å². The number of ether oxygens (including phenoxy) is 1. The first-order chi connectivity index (χ1) is 6.66. The maximum absolute atomic E-state index is 8.95. The molecule has 0 aromatic heterocycles. The van der Waals surface area contributed by atoms with Crippen molar-refractivity contribution in [2.75, 3.05) is 0 Å². The highest BCUT2D eigenvalue weighted by Gasteiger charge is 2.25. The molecule has 0 saturated heterocycles. The van der Waals surface area contributed by atoms with Gasteiger partial charge in [0.2, 0.25) is 0 Å². The first-order valence-corrected chi connectivity index (χ1v) is 4.87. The first kappa shape index (κ1) is 9.83. The van der Waals surface area contributed by atoms with E-state index in [0.717, 1.165) is 12.8 Å². The van der Waals surface area contributed by atoms with Gasteiger partial charge in [0.25, 0.3) is 0 Å². The van der Waals surface area contributed by atoms with Crippen LogP contribution in [0.3, 0.4) is 0 Å². The molecule has 0 atom stereocenters. The van der Waals surface area contributed by atoms with Gasteiger partial charge < -0.3 is 14.8 Å². The lowest BCUT2D eigenvalue weighted by Crippen LogP contribution is -2.29. The third kappa shape index (κ3) is 2.21. The Balaban J connectivity index is 2.21. The summed E-state index contributed by atoms with van der Waals surface area (Å²) >= 11 is 5.88. The number of hydrogen-bond donors (Lipinski definition) is 2. The Bertz CT molecular complexity index is 339. The van der Waals surface area contributed by atoms with Gasteiger partial charge in [-0.2, -0.15) is 0 Å². The Hall–Kier alpha value is -0.705. The number of hydrogen-bond acceptors (Lipinski definition) is 3. The van der Waals surface area contributed by atoms with Gasteiger partial charge in [-0.1, -0.05) is 17.7 Å². The third-order valence-electron chi connectivity index (χ3n) is 2.07. The van der Waals surface area contributed by atoms with Gasteiger partial charge in [0.15, 0.2) is 0 Å². The fourth-order valence-electron chi connectivity index (χ4n) is 1.14. The molecule has 0 unspecified atom stereocenters. The molecule has 0 heterocycles. The van der Waals surface area contributed by atoms with Crippen molar-refractivity contribution in [1.29, 1.82) is 0 Å². The van der Waals surface area contributed by atoms with Crippen molar-refractivity contribution in [3.63, 3.8) is 0 Å². The quantitative estimate of drug-likeness (QED) is 0.720. The summed E-state index contributed by atoms with van der Waals surface area (Å²) in [5.41, 5.74) is 0.394. The van der Waals surface area contributed by atoms with E-state index < -0.39 is 7.12 Å². The highest BCUT2D eigenvalue weighted by molar-refractivity contribution is 6.58. The van der Waals surface area contributed by atoms with Crippen molar-refractivity contribution >= 4 is 24.2 Å². The normalized spacial score (nSPS) is 15.4. The molecular formula is C9H10BClO3. The maximum atomic E-state index is 8.95. The van der Waals surface area contributed by atoms with Crippen LogP contribution in [0, 0.1) is 0 Å². The van der Waals surface area contributed by atoms with Gasteiger partial charge in [-0.05, 0) is 30.4 Å². The monoisotopic (exact) mass is 212 g/mol. The second-order valence-electron chi connectivity index (χ2n) is 3.38. The Morgan fingerprint density at radius 3 is 2.64 bits per heavy atom. The zero-order valence-electron chi connectivity index (χ0n) is 7.48. The molecule has 0 radical (unpaired) electrons. The van der Waals surface area contributed by atoms with E-state index in [2.05, 4.69) is 0 Å². The Morgan fingerprint density at radius 1 is 1.36 bits per heavy atom. The predicted octanol–water partition coefficient (Wildman–Crippen LogP) is 0.561. The minimum absolute atomic E-state index is 0.249. The van der Waals surface area contributed by atoms with Gasteiger partial charge in [-0.25, -0.2) is 0 Å². The lowest BCUT2D eigenvalue weighted by molar-refractivity contribution is 0.303. The maximum Gasteiger partial charge on any atom is 0.488 e. The fraction of sp³-hybridized carbons (Fsp3) is 0.333. The van der Waals surface area contributed by atoms with Crippen LogP contribution in [0.2, 0.25) is 5.02 Å². The number of halogens is 1. The van der Waals surface area contributed by atoms with Gasteiger partial charge in [-0.15, -0.1) is 0 Å². The van der Waals surface area contributed by atoms with Crippen molar-refractivity contribution in [3.05, 3.63) is 23.2 Å². The van der Waals surface area contributed by atoms with Crippen LogP contribution in [0.4, 0.5) is 0 Å². The highest BCUT2D eigenvalue weighted by atomic mass is 35.5. The number of rotatable bonds is 3. The largest absolute Gasteiger partial charge is 0.489 e. The molecule has 1 saturated carbocycles. The smallest absolute Gasteiger partial charge is 0.488 e. The van der Waals surface area contributed by atoms with Crippen LogP contribution in [0.5, 0.6) is 5.75 Å². The average molecular weight is 212 g/mol. The van der Waals surface area contributed by atoms with E-state index in [4.69, 9.17) is 26.4 Å². The summed E-state index contributed by atoms with van der Waals surface area (Å²) in [6.07, 6.45) is 2.34. The fourth-order valence-corrected chi connectivity index (χ4v) is 1.30.